The molecule has 0 radical (unpaired) electrons. The quantitative estimate of drug-likeness (QED) is 0.692. The van der Waals surface area contributed by atoms with Crippen molar-refractivity contribution in [2.75, 3.05) is 0 Å². The van der Waals surface area contributed by atoms with E-state index in [4.69, 9.17) is 0 Å². The molecule has 4 nitrogen and oxygen atoms in total. The highest BCUT2D eigenvalue weighted by molar-refractivity contribution is 5.78. The van der Waals surface area contributed by atoms with Gasteiger partial charge in [-0.25, -0.2) is 4.79 Å². The van der Waals surface area contributed by atoms with Crippen LogP contribution < -0.4 is 5.69 Å². The fraction of sp³-hybridized carbons (Fsp3) is 0.500. The number of hydrogen-bond donors (Lipinski definition) is 0. The number of Topliss-reactive ketones (excluding diaryl/α,β-unsaturated/α-hetero) is 1. The second kappa shape index (κ2) is 8.93. The van der Waals surface area contributed by atoms with Crippen molar-refractivity contribution in [1.29, 1.82) is 0 Å². The summed E-state index contributed by atoms with van der Waals surface area (Å²) in [6, 6.07) is 10.1. The Labute approximate surface area is 155 Å². The van der Waals surface area contributed by atoms with E-state index in [1.54, 1.807) is 0 Å². The van der Waals surface area contributed by atoms with Gasteiger partial charge in [-0.15, -0.1) is 0 Å². The molecule has 1 heterocycles. The van der Waals surface area contributed by atoms with Crippen molar-refractivity contribution in [3.8, 4) is 0 Å². The molecular formula is C22H28N2O2. The van der Waals surface area contributed by atoms with Gasteiger partial charge in [-0.05, 0) is 49.7 Å². The van der Waals surface area contributed by atoms with Gasteiger partial charge in [0.2, 0.25) is 0 Å². The molecule has 0 N–H and O–H groups in total. The minimum absolute atomic E-state index is 0.133. The van der Waals surface area contributed by atoms with E-state index in [0.29, 0.717) is 19.3 Å². The second-order valence-corrected chi connectivity index (χ2v) is 7.15. The Hall–Kier alpha value is -2.23. The minimum atomic E-state index is -0.133. The molecule has 0 spiro atoms. The maximum Gasteiger partial charge on any atom is 0.347 e. The third kappa shape index (κ3) is 4.48. The molecule has 0 aliphatic heterocycles. The van der Waals surface area contributed by atoms with Crippen molar-refractivity contribution in [2.24, 2.45) is 0 Å². The van der Waals surface area contributed by atoms with E-state index in [0.717, 1.165) is 50.8 Å². The number of carbonyl (C=O) groups is 1. The molecule has 1 aliphatic rings. The number of ketones is 1. The lowest BCUT2D eigenvalue weighted by atomic mass is 10.0. The van der Waals surface area contributed by atoms with E-state index >= 15 is 0 Å². The summed E-state index contributed by atoms with van der Waals surface area (Å²) in [5.41, 5.74) is 4.33. The second-order valence-electron chi connectivity index (χ2n) is 7.15. The summed E-state index contributed by atoms with van der Waals surface area (Å²) in [5, 5.41) is 0. The monoisotopic (exact) mass is 352 g/mol. The summed E-state index contributed by atoms with van der Waals surface area (Å²) in [6.45, 7) is 2.90. The maximum absolute atomic E-state index is 12.4. The molecule has 1 aromatic heterocycles. The van der Waals surface area contributed by atoms with Crippen LogP contribution in [0.3, 0.4) is 0 Å². The van der Waals surface area contributed by atoms with E-state index in [9.17, 15) is 9.59 Å². The summed E-state index contributed by atoms with van der Waals surface area (Å²) in [5.74, 6) is 0.248. The molecule has 4 heteroatoms. The highest BCUT2D eigenvalue weighted by Crippen LogP contribution is 2.24. The van der Waals surface area contributed by atoms with Gasteiger partial charge in [0.15, 0.2) is 0 Å². The number of hydrogen-bond acceptors (Lipinski definition) is 3. The van der Waals surface area contributed by atoms with Crippen molar-refractivity contribution in [2.45, 2.75) is 71.3 Å². The van der Waals surface area contributed by atoms with Crippen LogP contribution in [0, 0.1) is 0 Å². The normalized spacial score (nSPS) is 13.0. The van der Waals surface area contributed by atoms with Crippen LogP contribution in [0.5, 0.6) is 0 Å². The van der Waals surface area contributed by atoms with Gasteiger partial charge in [-0.1, -0.05) is 43.7 Å². The van der Waals surface area contributed by atoms with E-state index in [1.807, 2.05) is 22.8 Å². The molecule has 3 rings (SSSR count). The van der Waals surface area contributed by atoms with Gasteiger partial charge in [-0.2, -0.15) is 4.98 Å². The molecule has 0 saturated carbocycles. The zero-order chi connectivity index (χ0) is 18.4. The van der Waals surface area contributed by atoms with Gasteiger partial charge in [0.25, 0.3) is 0 Å². The molecule has 0 amide bonds. The Kier molecular flexibility index (Phi) is 6.37. The molecular weight excluding hydrogens is 324 g/mol. The Morgan fingerprint density at radius 2 is 1.88 bits per heavy atom. The van der Waals surface area contributed by atoms with Gasteiger partial charge >= 0.3 is 5.69 Å². The Balaban J connectivity index is 1.63. The fourth-order valence-electron chi connectivity index (χ4n) is 3.76. The molecule has 2 aromatic rings. The van der Waals surface area contributed by atoms with E-state index in [-0.39, 0.29) is 11.5 Å². The third-order valence-electron chi connectivity index (χ3n) is 5.24. The first-order valence-electron chi connectivity index (χ1n) is 9.86. The summed E-state index contributed by atoms with van der Waals surface area (Å²) >= 11 is 0. The first-order chi connectivity index (χ1) is 12.7. The predicted molar refractivity (Wildman–Crippen MR) is 104 cm³/mol. The SMILES string of the molecule is CCCCn1c2c(c(CCC(=O)CCc3ccccc3)nc1=O)CCC2. The highest BCUT2D eigenvalue weighted by Gasteiger charge is 2.21. The fourth-order valence-corrected chi connectivity index (χ4v) is 3.76. The van der Waals surface area contributed by atoms with E-state index in [2.05, 4.69) is 24.0 Å². The third-order valence-corrected chi connectivity index (χ3v) is 5.24. The summed E-state index contributed by atoms with van der Waals surface area (Å²) < 4.78 is 1.87. The number of aromatic nitrogens is 2. The van der Waals surface area contributed by atoms with Crippen molar-refractivity contribution in [3.63, 3.8) is 0 Å². The average Bonchev–Trinajstić information content (AvgIpc) is 3.14. The number of rotatable bonds is 9. The standard InChI is InChI=1S/C22H28N2O2/c1-2-3-16-24-21-11-7-10-19(21)20(23-22(24)26)15-14-18(25)13-12-17-8-5-4-6-9-17/h4-6,8-9H,2-3,7,10-16H2,1H3. The van der Waals surface area contributed by atoms with Gasteiger partial charge in [0.1, 0.15) is 5.78 Å². The first kappa shape index (κ1) is 18.6. The van der Waals surface area contributed by atoms with Crippen molar-refractivity contribution < 1.29 is 4.79 Å². The van der Waals surface area contributed by atoms with Gasteiger partial charge in [0, 0.05) is 25.1 Å². The minimum Gasteiger partial charge on any atom is -0.300 e. The summed E-state index contributed by atoms with van der Waals surface area (Å²) in [7, 11) is 0. The highest BCUT2D eigenvalue weighted by atomic mass is 16.1. The molecule has 0 unspecified atom stereocenters. The number of nitrogens with zero attached hydrogens (tertiary/aromatic N) is 2. The van der Waals surface area contributed by atoms with Crippen LogP contribution >= 0.6 is 0 Å². The number of carbonyl (C=O) groups excluding carboxylic acids is 1. The Morgan fingerprint density at radius 3 is 2.65 bits per heavy atom. The van der Waals surface area contributed by atoms with Crippen molar-refractivity contribution >= 4 is 5.78 Å². The van der Waals surface area contributed by atoms with Crippen LogP contribution in [0.1, 0.15) is 61.5 Å². The van der Waals surface area contributed by atoms with Crippen LogP contribution in [-0.4, -0.2) is 15.3 Å². The molecule has 1 aliphatic carbocycles. The zero-order valence-electron chi connectivity index (χ0n) is 15.7. The number of benzene rings is 1. The van der Waals surface area contributed by atoms with Crippen molar-refractivity contribution in [3.05, 3.63) is 63.3 Å². The van der Waals surface area contributed by atoms with Crippen LogP contribution in [-0.2, 0) is 37.0 Å². The van der Waals surface area contributed by atoms with Gasteiger partial charge in [-0.3, -0.25) is 9.36 Å². The molecule has 0 fully saturated rings. The Morgan fingerprint density at radius 1 is 1.12 bits per heavy atom. The Bertz CT molecular complexity index is 809. The lowest BCUT2D eigenvalue weighted by Crippen LogP contribution is -2.28. The van der Waals surface area contributed by atoms with Crippen LogP contribution in [0.2, 0.25) is 0 Å². The summed E-state index contributed by atoms with van der Waals surface area (Å²) in [6.07, 6.45) is 7.52. The lowest BCUT2D eigenvalue weighted by molar-refractivity contribution is -0.119. The molecule has 138 valence electrons. The molecule has 1 aromatic carbocycles. The van der Waals surface area contributed by atoms with Crippen LogP contribution in [0.25, 0.3) is 0 Å². The number of fused-ring (bicyclic) bond motifs is 1. The first-order valence-corrected chi connectivity index (χ1v) is 9.86. The topological polar surface area (TPSA) is 52.0 Å². The van der Waals surface area contributed by atoms with Crippen LogP contribution in [0.4, 0.5) is 0 Å². The van der Waals surface area contributed by atoms with E-state index < -0.39 is 0 Å². The van der Waals surface area contributed by atoms with E-state index in [1.165, 1.54) is 16.8 Å². The van der Waals surface area contributed by atoms with Crippen molar-refractivity contribution in [1.82, 2.24) is 9.55 Å². The lowest BCUT2D eigenvalue weighted by Gasteiger charge is -2.14. The predicted octanol–water partition coefficient (Wildman–Crippen LogP) is 3.67. The molecule has 0 bridgehead atoms. The summed E-state index contributed by atoms with van der Waals surface area (Å²) in [4.78, 5) is 29.0. The maximum atomic E-state index is 12.4. The van der Waals surface area contributed by atoms with Gasteiger partial charge in [0.05, 0.1) is 5.69 Å². The smallest absolute Gasteiger partial charge is 0.300 e. The number of aryl methyl sites for hydroxylation is 2. The molecule has 0 saturated heterocycles. The zero-order valence-corrected chi connectivity index (χ0v) is 15.7. The largest absolute Gasteiger partial charge is 0.347 e. The molecule has 0 atom stereocenters. The van der Waals surface area contributed by atoms with Gasteiger partial charge < -0.3 is 0 Å². The number of unbranched alkanes of at least 4 members (excludes halogenated alkanes) is 1. The van der Waals surface area contributed by atoms with Crippen LogP contribution in [0.15, 0.2) is 35.1 Å². The molecule has 26 heavy (non-hydrogen) atoms. The average molecular weight is 352 g/mol.